The number of carbonyl (C=O) groups is 2. The number of aliphatic hydroxyl groups is 1. The minimum atomic E-state index is -1.43. The van der Waals surface area contributed by atoms with Crippen LogP contribution in [-0.2, 0) is 28.5 Å². The summed E-state index contributed by atoms with van der Waals surface area (Å²) in [6, 6.07) is 0. The molecule has 1 N–H and O–H groups in total. The molecule has 0 spiro atoms. The molecule has 0 aromatic heterocycles. The van der Waals surface area contributed by atoms with Gasteiger partial charge >= 0.3 is 5.97 Å². The fourth-order valence-electron chi connectivity index (χ4n) is 2.48. The van der Waals surface area contributed by atoms with Crippen molar-refractivity contribution in [1.82, 2.24) is 0 Å². The number of ether oxygens (including phenoxy) is 4. The first-order valence-electron chi connectivity index (χ1n) is 7.04. The highest BCUT2D eigenvalue weighted by molar-refractivity contribution is 5.88. The molecule has 7 nitrogen and oxygen atoms in total. The summed E-state index contributed by atoms with van der Waals surface area (Å²) < 4.78 is 21.6. The van der Waals surface area contributed by atoms with Crippen molar-refractivity contribution in [3.8, 4) is 0 Å². The number of hydrogen-bond donors (Lipinski definition) is 1. The van der Waals surface area contributed by atoms with Gasteiger partial charge in [-0.15, -0.1) is 0 Å². The van der Waals surface area contributed by atoms with Gasteiger partial charge in [0.05, 0.1) is 19.6 Å². The van der Waals surface area contributed by atoms with E-state index >= 15 is 0 Å². The van der Waals surface area contributed by atoms with Gasteiger partial charge in [-0.25, -0.2) is 0 Å². The summed E-state index contributed by atoms with van der Waals surface area (Å²) in [5.41, 5.74) is -1.43. The summed E-state index contributed by atoms with van der Waals surface area (Å²) in [7, 11) is 1.58. The van der Waals surface area contributed by atoms with Crippen molar-refractivity contribution in [2.24, 2.45) is 0 Å². The van der Waals surface area contributed by atoms with Crippen molar-refractivity contribution in [3.05, 3.63) is 0 Å². The Balaban J connectivity index is 1.78. The lowest BCUT2D eigenvalue weighted by Gasteiger charge is -2.18. The second kappa shape index (κ2) is 6.39. The quantitative estimate of drug-likeness (QED) is 0.681. The molecule has 2 heterocycles. The van der Waals surface area contributed by atoms with Crippen LogP contribution in [0.2, 0.25) is 0 Å². The largest absolute Gasteiger partial charge is 0.457 e. The van der Waals surface area contributed by atoms with Gasteiger partial charge in [-0.1, -0.05) is 0 Å². The van der Waals surface area contributed by atoms with Gasteiger partial charge in [0, 0.05) is 13.5 Å². The Morgan fingerprint density at radius 2 is 1.71 bits per heavy atom. The van der Waals surface area contributed by atoms with Gasteiger partial charge in [0.25, 0.3) is 0 Å². The maximum Gasteiger partial charge on any atom is 0.306 e. The summed E-state index contributed by atoms with van der Waals surface area (Å²) in [6.07, 6.45) is -1.26. The predicted molar refractivity (Wildman–Crippen MR) is 70.7 cm³/mol. The molecule has 4 atom stereocenters. The van der Waals surface area contributed by atoms with Crippen LogP contribution in [0.3, 0.4) is 0 Å². The lowest BCUT2D eigenvalue weighted by molar-refractivity contribution is -0.155. The molecule has 0 aromatic rings. The highest BCUT2D eigenvalue weighted by Crippen LogP contribution is 2.30. The van der Waals surface area contributed by atoms with E-state index in [4.69, 9.17) is 18.9 Å². The van der Waals surface area contributed by atoms with Gasteiger partial charge in [-0.05, 0) is 13.8 Å². The highest BCUT2D eigenvalue weighted by atomic mass is 16.6. The molecule has 2 saturated heterocycles. The van der Waals surface area contributed by atoms with E-state index in [0.29, 0.717) is 6.61 Å². The molecular weight excluding hydrogens is 280 g/mol. The number of rotatable bonds is 6. The molecule has 21 heavy (non-hydrogen) atoms. The average Bonchev–Trinajstić information content (AvgIpc) is 2.97. The van der Waals surface area contributed by atoms with Gasteiger partial charge < -0.3 is 24.1 Å². The van der Waals surface area contributed by atoms with E-state index in [-0.39, 0.29) is 37.8 Å². The molecular formula is C14H22O7. The molecule has 0 aromatic carbocycles. The van der Waals surface area contributed by atoms with Gasteiger partial charge in [-0.2, -0.15) is 0 Å². The molecule has 2 aliphatic rings. The van der Waals surface area contributed by atoms with Crippen LogP contribution in [0.5, 0.6) is 0 Å². The number of carbonyl (C=O) groups excluding carboxylic acids is 2. The number of ketones is 1. The summed E-state index contributed by atoms with van der Waals surface area (Å²) in [5, 5.41) is 9.51. The number of esters is 1. The maximum absolute atomic E-state index is 11.8. The Morgan fingerprint density at radius 3 is 2.29 bits per heavy atom. The third-order valence-electron chi connectivity index (χ3n) is 3.79. The maximum atomic E-state index is 11.8. The van der Waals surface area contributed by atoms with Crippen LogP contribution in [0, 0.1) is 0 Å². The van der Waals surface area contributed by atoms with Crippen molar-refractivity contribution < 1.29 is 33.6 Å². The Kier molecular flexibility index (Phi) is 4.98. The van der Waals surface area contributed by atoms with E-state index in [1.807, 2.05) is 0 Å². The van der Waals surface area contributed by atoms with Crippen LogP contribution in [0.25, 0.3) is 0 Å². The first-order valence-corrected chi connectivity index (χ1v) is 7.04. The lowest BCUT2D eigenvalue weighted by atomic mass is 10.00. The third kappa shape index (κ3) is 3.79. The predicted octanol–water partition coefficient (Wildman–Crippen LogP) is -0.169. The van der Waals surface area contributed by atoms with Crippen LogP contribution in [0.4, 0.5) is 0 Å². The monoisotopic (exact) mass is 302 g/mol. The van der Waals surface area contributed by atoms with Gasteiger partial charge in [-0.3, -0.25) is 9.59 Å². The van der Waals surface area contributed by atoms with Crippen LogP contribution in [0.15, 0.2) is 0 Å². The zero-order valence-electron chi connectivity index (χ0n) is 12.5. The lowest BCUT2D eigenvalue weighted by Crippen LogP contribution is -2.35. The fourth-order valence-corrected chi connectivity index (χ4v) is 2.48. The summed E-state index contributed by atoms with van der Waals surface area (Å²) in [4.78, 5) is 23.3. The molecule has 0 radical (unpaired) electrons. The zero-order valence-corrected chi connectivity index (χ0v) is 12.5. The first kappa shape index (κ1) is 16.4. The molecule has 0 aliphatic carbocycles. The van der Waals surface area contributed by atoms with Crippen molar-refractivity contribution in [3.63, 3.8) is 0 Å². The summed E-state index contributed by atoms with van der Waals surface area (Å²) >= 11 is 0. The second-order valence-electron chi connectivity index (χ2n) is 5.88. The smallest absolute Gasteiger partial charge is 0.306 e. The van der Waals surface area contributed by atoms with E-state index in [9.17, 15) is 14.7 Å². The van der Waals surface area contributed by atoms with Crippen LogP contribution < -0.4 is 0 Å². The van der Waals surface area contributed by atoms with E-state index in [0.717, 1.165) is 0 Å². The fraction of sp³-hybridized carbons (Fsp3) is 0.857. The molecule has 7 heteroatoms. The first-order chi connectivity index (χ1) is 9.82. The minimum Gasteiger partial charge on any atom is -0.457 e. The molecule has 2 unspecified atom stereocenters. The molecule has 2 rings (SSSR count). The number of hydrogen-bond acceptors (Lipinski definition) is 7. The van der Waals surface area contributed by atoms with E-state index in [2.05, 4.69) is 0 Å². The van der Waals surface area contributed by atoms with Crippen LogP contribution in [0.1, 0.15) is 26.7 Å². The Bertz CT molecular complexity index is 401. The minimum absolute atomic E-state index is 0.0500. The second-order valence-corrected chi connectivity index (χ2v) is 5.88. The van der Waals surface area contributed by atoms with E-state index in [1.54, 1.807) is 7.11 Å². The van der Waals surface area contributed by atoms with Crippen molar-refractivity contribution in [2.45, 2.75) is 56.7 Å². The summed E-state index contributed by atoms with van der Waals surface area (Å²) in [6.45, 7) is 3.47. The third-order valence-corrected chi connectivity index (χ3v) is 3.79. The standard InChI is InChI=1S/C14H22O7/c1-14(2,17)10(15)4-5-11(16)21-9-7-20-12-8(18-3)6-19-13(9)12/h8-9,12-13,17H,4-7H2,1-3H3/t8?,9?,12-,13-/m1/s1. The zero-order chi connectivity index (χ0) is 15.6. The molecule has 0 saturated carbocycles. The normalized spacial score (nSPS) is 32.0. The van der Waals surface area contributed by atoms with Crippen molar-refractivity contribution in [2.75, 3.05) is 20.3 Å². The number of methoxy groups -OCH3 is 1. The molecule has 2 fully saturated rings. The SMILES string of the molecule is COC1CO[C@@H]2C(OC(=O)CCC(=O)C(C)(C)O)CO[C@H]12. The average molecular weight is 302 g/mol. The summed E-state index contributed by atoms with van der Waals surface area (Å²) in [5.74, 6) is -0.886. The molecule has 120 valence electrons. The molecule has 2 aliphatic heterocycles. The van der Waals surface area contributed by atoms with Crippen LogP contribution in [-0.4, -0.2) is 67.2 Å². The van der Waals surface area contributed by atoms with Crippen molar-refractivity contribution >= 4 is 11.8 Å². The van der Waals surface area contributed by atoms with E-state index < -0.39 is 23.5 Å². The van der Waals surface area contributed by atoms with Gasteiger partial charge in [0.15, 0.2) is 11.9 Å². The topological polar surface area (TPSA) is 91.3 Å². The van der Waals surface area contributed by atoms with Crippen LogP contribution >= 0.6 is 0 Å². The number of fused-ring (bicyclic) bond motifs is 1. The van der Waals surface area contributed by atoms with Gasteiger partial charge in [0.1, 0.15) is 23.9 Å². The number of Topliss-reactive ketones (excluding diaryl/α,β-unsaturated/α-hetero) is 1. The highest BCUT2D eigenvalue weighted by Gasteiger charge is 2.49. The molecule has 0 bridgehead atoms. The Hall–Kier alpha value is -1.02. The Labute approximate surface area is 123 Å². The van der Waals surface area contributed by atoms with E-state index in [1.165, 1.54) is 13.8 Å². The van der Waals surface area contributed by atoms with Crippen molar-refractivity contribution in [1.29, 1.82) is 0 Å². The molecule has 0 amide bonds. The Morgan fingerprint density at radius 1 is 1.14 bits per heavy atom. The van der Waals surface area contributed by atoms with Gasteiger partial charge in [0.2, 0.25) is 0 Å².